The van der Waals surface area contributed by atoms with Crippen LogP contribution in [0, 0.1) is 0 Å². The first-order valence-electron chi connectivity index (χ1n) is 3.38. The molecule has 1 rings (SSSR count). The van der Waals surface area contributed by atoms with Crippen molar-refractivity contribution in [1.82, 2.24) is 5.32 Å². The fourth-order valence-corrected chi connectivity index (χ4v) is 1.21. The third-order valence-corrected chi connectivity index (χ3v) is 1.66. The molecule has 9 heavy (non-hydrogen) atoms. The van der Waals surface area contributed by atoms with E-state index in [2.05, 4.69) is 5.32 Å². The van der Waals surface area contributed by atoms with Crippen molar-refractivity contribution in [1.29, 1.82) is 0 Å². The van der Waals surface area contributed by atoms with Gasteiger partial charge in [0.05, 0.1) is 0 Å². The maximum absolute atomic E-state index is 8.53. The van der Waals surface area contributed by atoms with Crippen LogP contribution in [0.25, 0.3) is 0 Å². The second kappa shape index (κ2) is 3.20. The van der Waals surface area contributed by atoms with Crippen molar-refractivity contribution in [3.63, 3.8) is 0 Å². The predicted molar refractivity (Wildman–Crippen MR) is 36.0 cm³/mol. The van der Waals surface area contributed by atoms with E-state index in [1.165, 1.54) is 0 Å². The molecule has 1 aliphatic heterocycles. The van der Waals surface area contributed by atoms with Gasteiger partial charge in [0.15, 0.2) is 0 Å². The molecule has 3 nitrogen and oxygen atoms in total. The van der Waals surface area contributed by atoms with Crippen molar-refractivity contribution in [3.05, 3.63) is 0 Å². The van der Waals surface area contributed by atoms with Gasteiger partial charge in [-0.05, 0) is 25.7 Å². The third kappa shape index (κ3) is 2.34. The molecule has 1 unspecified atom stereocenters. The first-order chi connectivity index (χ1) is 4.29. The molecule has 0 radical (unpaired) electrons. The van der Waals surface area contributed by atoms with Gasteiger partial charge >= 0.3 is 7.12 Å². The lowest BCUT2D eigenvalue weighted by atomic mass is 9.81. The minimum absolute atomic E-state index is 0.338. The van der Waals surface area contributed by atoms with Gasteiger partial charge in [0, 0.05) is 6.04 Å². The van der Waals surface area contributed by atoms with Gasteiger partial charge in [0.2, 0.25) is 0 Å². The summed E-state index contributed by atoms with van der Waals surface area (Å²) < 4.78 is 0. The maximum atomic E-state index is 8.53. The standard InChI is InChI=1S/C5H12BNO2/c8-6(9)4-5-2-1-3-7-5/h5,7-9H,1-4H2. The van der Waals surface area contributed by atoms with Crippen molar-refractivity contribution in [2.75, 3.05) is 6.54 Å². The molecular formula is C5H12BNO2. The summed E-state index contributed by atoms with van der Waals surface area (Å²) in [5.74, 6) is 0. The normalized spacial score (nSPS) is 26.7. The van der Waals surface area contributed by atoms with Crippen molar-refractivity contribution in [3.8, 4) is 0 Å². The van der Waals surface area contributed by atoms with Crippen molar-refractivity contribution < 1.29 is 10.0 Å². The zero-order valence-electron chi connectivity index (χ0n) is 5.38. The molecule has 1 fully saturated rings. The van der Waals surface area contributed by atoms with E-state index in [1.54, 1.807) is 0 Å². The van der Waals surface area contributed by atoms with E-state index in [4.69, 9.17) is 10.0 Å². The monoisotopic (exact) mass is 129 g/mol. The van der Waals surface area contributed by atoms with Crippen LogP contribution in [0.15, 0.2) is 0 Å². The molecule has 1 aliphatic rings. The average molecular weight is 129 g/mol. The Hall–Kier alpha value is -0.0551. The molecule has 0 bridgehead atoms. The summed E-state index contributed by atoms with van der Waals surface area (Å²) in [5.41, 5.74) is 0. The molecule has 0 saturated carbocycles. The highest BCUT2D eigenvalue weighted by atomic mass is 16.4. The highest BCUT2D eigenvalue weighted by Gasteiger charge is 2.19. The van der Waals surface area contributed by atoms with Gasteiger partial charge < -0.3 is 15.4 Å². The van der Waals surface area contributed by atoms with E-state index in [1.807, 2.05) is 0 Å². The van der Waals surface area contributed by atoms with Gasteiger partial charge in [-0.25, -0.2) is 0 Å². The van der Waals surface area contributed by atoms with Gasteiger partial charge in [-0.2, -0.15) is 0 Å². The van der Waals surface area contributed by atoms with Gasteiger partial charge in [0.25, 0.3) is 0 Å². The van der Waals surface area contributed by atoms with Crippen LogP contribution < -0.4 is 5.32 Å². The zero-order chi connectivity index (χ0) is 6.69. The van der Waals surface area contributed by atoms with Crippen LogP contribution >= 0.6 is 0 Å². The second-order valence-corrected chi connectivity index (χ2v) is 2.51. The lowest BCUT2D eigenvalue weighted by Gasteiger charge is -2.06. The van der Waals surface area contributed by atoms with E-state index in [9.17, 15) is 0 Å². The number of hydrogen-bond donors (Lipinski definition) is 3. The summed E-state index contributed by atoms with van der Waals surface area (Å²) in [5, 5.41) is 20.2. The Morgan fingerprint density at radius 1 is 1.56 bits per heavy atom. The van der Waals surface area contributed by atoms with Gasteiger partial charge in [-0.15, -0.1) is 0 Å². The minimum Gasteiger partial charge on any atom is -0.427 e. The van der Waals surface area contributed by atoms with Crippen LogP contribution in [-0.2, 0) is 0 Å². The Morgan fingerprint density at radius 3 is 2.78 bits per heavy atom. The van der Waals surface area contributed by atoms with Gasteiger partial charge in [-0.1, -0.05) is 0 Å². The van der Waals surface area contributed by atoms with Crippen LogP contribution in [0.4, 0.5) is 0 Å². The number of rotatable bonds is 2. The number of nitrogens with one attached hydrogen (secondary N) is 1. The predicted octanol–water partition coefficient (Wildman–Crippen LogP) is -0.789. The molecule has 0 aromatic heterocycles. The van der Waals surface area contributed by atoms with Gasteiger partial charge in [-0.3, -0.25) is 0 Å². The Labute approximate surface area is 55.2 Å². The smallest absolute Gasteiger partial charge is 0.427 e. The molecule has 1 atom stereocenters. The molecule has 0 aromatic rings. The van der Waals surface area contributed by atoms with E-state index in [-0.39, 0.29) is 0 Å². The fraction of sp³-hybridized carbons (Fsp3) is 1.00. The highest BCUT2D eigenvalue weighted by molar-refractivity contribution is 6.41. The van der Waals surface area contributed by atoms with E-state index in [0.29, 0.717) is 12.4 Å². The van der Waals surface area contributed by atoms with E-state index >= 15 is 0 Å². The van der Waals surface area contributed by atoms with Crippen LogP contribution in [0.2, 0.25) is 6.32 Å². The van der Waals surface area contributed by atoms with Crippen molar-refractivity contribution >= 4 is 7.12 Å². The zero-order valence-corrected chi connectivity index (χ0v) is 5.38. The first-order valence-corrected chi connectivity index (χ1v) is 3.38. The third-order valence-electron chi connectivity index (χ3n) is 1.66. The van der Waals surface area contributed by atoms with Crippen LogP contribution in [0.1, 0.15) is 12.8 Å². The van der Waals surface area contributed by atoms with E-state index in [0.717, 1.165) is 19.4 Å². The minimum atomic E-state index is -1.14. The molecular weight excluding hydrogens is 117 g/mol. The highest BCUT2D eigenvalue weighted by Crippen LogP contribution is 2.09. The first kappa shape index (κ1) is 7.06. The average Bonchev–Trinajstić information content (AvgIpc) is 2.15. The summed E-state index contributed by atoms with van der Waals surface area (Å²) >= 11 is 0. The lowest BCUT2D eigenvalue weighted by Crippen LogP contribution is -2.27. The van der Waals surface area contributed by atoms with Crippen molar-refractivity contribution in [2.24, 2.45) is 0 Å². The van der Waals surface area contributed by atoms with Crippen molar-refractivity contribution in [2.45, 2.75) is 25.2 Å². The fourth-order valence-electron chi connectivity index (χ4n) is 1.21. The van der Waals surface area contributed by atoms with Crippen LogP contribution in [0.5, 0.6) is 0 Å². The molecule has 0 spiro atoms. The number of hydrogen-bond acceptors (Lipinski definition) is 3. The quantitative estimate of drug-likeness (QED) is 0.428. The molecule has 0 aromatic carbocycles. The summed E-state index contributed by atoms with van der Waals surface area (Å²) in [6, 6.07) is 0.338. The second-order valence-electron chi connectivity index (χ2n) is 2.51. The Morgan fingerprint density at radius 2 is 2.33 bits per heavy atom. The largest absolute Gasteiger partial charge is 0.453 e. The van der Waals surface area contributed by atoms with E-state index < -0.39 is 7.12 Å². The molecule has 1 saturated heterocycles. The Bertz CT molecular complexity index is 83.0. The summed E-state index contributed by atoms with van der Waals surface area (Å²) in [4.78, 5) is 0. The summed E-state index contributed by atoms with van der Waals surface area (Å²) in [7, 11) is -1.14. The maximum Gasteiger partial charge on any atom is 0.453 e. The molecule has 1 heterocycles. The Balaban J connectivity index is 2.11. The van der Waals surface area contributed by atoms with Crippen LogP contribution in [0.3, 0.4) is 0 Å². The SMILES string of the molecule is OB(O)CC1CCCN1. The molecule has 0 amide bonds. The summed E-state index contributed by atoms with van der Waals surface area (Å²) in [6.45, 7) is 1.03. The Kier molecular flexibility index (Phi) is 2.51. The topological polar surface area (TPSA) is 52.5 Å². The molecule has 52 valence electrons. The molecule has 3 N–H and O–H groups in total. The van der Waals surface area contributed by atoms with Crippen LogP contribution in [-0.4, -0.2) is 29.8 Å². The van der Waals surface area contributed by atoms with Gasteiger partial charge in [0.1, 0.15) is 0 Å². The molecule has 4 heteroatoms. The lowest BCUT2D eigenvalue weighted by molar-refractivity contribution is 0.394. The molecule has 0 aliphatic carbocycles. The summed E-state index contributed by atoms with van der Waals surface area (Å²) in [6.07, 6.45) is 2.72.